The summed E-state index contributed by atoms with van der Waals surface area (Å²) < 4.78 is 99.7. The number of hydrogen-bond acceptors (Lipinski definition) is 1. The van der Waals surface area contributed by atoms with Gasteiger partial charge in [-0.3, -0.25) is 0 Å². The Balaban J connectivity index is 0.00000361. The molecule has 0 bridgehead atoms. The van der Waals surface area contributed by atoms with Gasteiger partial charge in [-0.2, -0.15) is 35.1 Å². The summed E-state index contributed by atoms with van der Waals surface area (Å²) in [6.45, 7) is 0. The van der Waals surface area contributed by atoms with E-state index >= 15 is 0 Å². The van der Waals surface area contributed by atoms with E-state index in [2.05, 4.69) is 5.73 Å². The number of nitrogens with two attached hydrogens (primary N) is 1. The molecule has 0 saturated heterocycles. The second-order valence-corrected chi connectivity index (χ2v) is 3.68. The van der Waals surface area contributed by atoms with Gasteiger partial charge in [-0.05, 0) is 11.6 Å². The van der Waals surface area contributed by atoms with Gasteiger partial charge in [0.1, 0.15) is 6.04 Å². The summed E-state index contributed by atoms with van der Waals surface area (Å²) in [6.07, 6.45) is -11.1. The van der Waals surface area contributed by atoms with Crippen molar-refractivity contribution in [3.05, 3.63) is 35.4 Å². The van der Waals surface area contributed by atoms with E-state index in [0.29, 0.717) is 12.1 Å². The zero-order valence-corrected chi connectivity index (χ0v) is 10.2. The topological polar surface area (TPSA) is 26.0 Å². The van der Waals surface area contributed by atoms with Crippen LogP contribution in [0.15, 0.2) is 24.3 Å². The lowest BCUT2D eigenvalue weighted by Crippen LogP contribution is -2.46. The molecule has 116 valence electrons. The predicted molar refractivity (Wildman–Crippen MR) is 56.6 cm³/mol. The summed E-state index contributed by atoms with van der Waals surface area (Å²) in [7, 11) is 0. The second kappa shape index (κ2) is 5.72. The maximum absolute atomic E-state index is 13.0. The number of hydrogen-bond donors (Lipinski definition) is 1. The van der Waals surface area contributed by atoms with Crippen molar-refractivity contribution in [2.24, 2.45) is 5.73 Å². The summed E-state index contributed by atoms with van der Waals surface area (Å²) in [5.41, 5.74) is 1.76. The highest BCUT2D eigenvalue weighted by Crippen LogP contribution is 2.45. The molecule has 0 radical (unpaired) electrons. The minimum Gasteiger partial charge on any atom is -0.319 e. The summed E-state index contributed by atoms with van der Waals surface area (Å²) in [5, 5.41) is 0. The predicted octanol–water partition coefficient (Wildman–Crippen LogP) is 4.32. The van der Waals surface area contributed by atoms with Crippen LogP contribution in [0.25, 0.3) is 0 Å². The first-order valence-electron chi connectivity index (χ1n) is 4.75. The van der Waals surface area contributed by atoms with E-state index < -0.39 is 35.4 Å². The molecule has 0 spiro atoms. The van der Waals surface area contributed by atoms with Crippen molar-refractivity contribution in [1.82, 2.24) is 0 Å². The Labute approximate surface area is 114 Å². The van der Waals surface area contributed by atoms with Gasteiger partial charge in [0.2, 0.25) is 0 Å². The molecule has 1 aromatic carbocycles. The first kappa shape index (κ1) is 18.9. The third-order valence-corrected chi connectivity index (χ3v) is 2.37. The average Bonchev–Trinajstić information content (AvgIpc) is 2.25. The van der Waals surface area contributed by atoms with Gasteiger partial charge in [0.15, 0.2) is 0 Å². The highest BCUT2D eigenvalue weighted by molar-refractivity contribution is 5.85. The van der Waals surface area contributed by atoms with Crippen molar-refractivity contribution in [3.8, 4) is 0 Å². The van der Waals surface area contributed by atoms with Crippen molar-refractivity contribution in [2.45, 2.75) is 24.3 Å². The lowest BCUT2D eigenvalue weighted by atomic mass is 9.95. The van der Waals surface area contributed by atoms with E-state index in [1.807, 2.05) is 0 Å². The summed E-state index contributed by atoms with van der Waals surface area (Å²) in [6, 6.07) is -0.485. The zero-order chi connectivity index (χ0) is 15.1. The van der Waals surface area contributed by atoms with Crippen LogP contribution in [0.2, 0.25) is 0 Å². The quantitative estimate of drug-likeness (QED) is 0.803. The maximum Gasteiger partial charge on any atom is 0.455 e. The number of benzene rings is 1. The standard InChI is InChI=1S/C10H7F8N.ClH/c11-8(12,10(16,17)18)7(19)5-3-1-2-4-6(5)9(13,14)15;/h1-4,7H,19H2;1H/t7-;/m1./s1. The monoisotopic (exact) mass is 329 g/mol. The lowest BCUT2D eigenvalue weighted by molar-refractivity contribution is -0.291. The largest absolute Gasteiger partial charge is 0.455 e. The van der Waals surface area contributed by atoms with Crippen molar-refractivity contribution in [3.63, 3.8) is 0 Å². The van der Waals surface area contributed by atoms with Gasteiger partial charge in [-0.15, -0.1) is 12.4 Å². The normalized spacial score (nSPS) is 14.7. The molecule has 0 aromatic heterocycles. The highest BCUT2D eigenvalue weighted by atomic mass is 35.5. The van der Waals surface area contributed by atoms with Crippen LogP contribution in [0.1, 0.15) is 17.2 Å². The molecule has 0 saturated carbocycles. The minimum absolute atomic E-state index is 0. The zero-order valence-electron chi connectivity index (χ0n) is 9.40. The van der Waals surface area contributed by atoms with Crippen LogP contribution in [0, 0.1) is 0 Å². The van der Waals surface area contributed by atoms with Crippen molar-refractivity contribution in [1.29, 1.82) is 0 Å². The molecule has 0 unspecified atom stereocenters. The molecule has 1 rings (SSSR count). The molecule has 0 aliphatic carbocycles. The molecule has 0 amide bonds. The fourth-order valence-corrected chi connectivity index (χ4v) is 1.40. The lowest BCUT2D eigenvalue weighted by Gasteiger charge is -2.27. The Bertz CT molecular complexity index is 453. The molecule has 0 aliphatic rings. The SMILES string of the molecule is Cl.N[C@H](c1ccccc1C(F)(F)F)C(F)(F)C(F)(F)F. The smallest absolute Gasteiger partial charge is 0.319 e. The fraction of sp³-hybridized carbons (Fsp3) is 0.400. The molecule has 1 nitrogen and oxygen atoms in total. The molecule has 2 N–H and O–H groups in total. The third-order valence-electron chi connectivity index (χ3n) is 2.37. The second-order valence-electron chi connectivity index (χ2n) is 3.68. The van der Waals surface area contributed by atoms with Crippen LogP contribution in [0.4, 0.5) is 35.1 Å². The molecule has 10 heteroatoms. The fourth-order valence-electron chi connectivity index (χ4n) is 1.40. The van der Waals surface area contributed by atoms with Gasteiger partial charge in [0.25, 0.3) is 0 Å². The molecule has 0 aliphatic heterocycles. The van der Waals surface area contributed by atoms with Crippen LogP contribution >= 0.6 is 12.4 Å². The molecular weight excluding hydrogens is 322 g/mol. The van der Waals surface area contributed by atoms with Gasteiger partial charge in [-0.1, -0.05) is 18.2 Å². The van der Waals surface area contributed by atoms with Crippen LogP contribution in [0.5, 0.6) is 0 Å². The molecule has 0 heterocycles. The minimum atomic E-state index is -6.04. The van der Waals surface area contributed by atoms with E-state index in [1.165, 1.54) is 0 Å². The molecular formula is C10H8ClF8N. The van der Waals surface area contributed by atoms with Crippen molar-refractivity contribution >= 4 is 12.4 Å². The van der Waals surface area contributed by atoms with Crippen LogP contribution < -0.4 is 5.73 Å². The summed E-state index contributed by atoms with van der Waals surface area (Å²) >= 11 is 0. The van der Waals surface area contributed by atoms with Crippen molar-refractivity contribution in [2.75, 3.05) is 0 Å². The highest BCUT2D eigenvalue weighted by Gasteiger charge is 2.62. The molecule has 1 atom stereocenters. The van der Waals surface area contributed by atoms with E-state index in [1.54, 1.807) is 0 Å². The van der Waals surface area contributed by atoms with E-state index in [0.717, 1.165) is 12.1 Å². The number of alkyl halides is 8. The Morgan fingerprint density at radius 2 is 1.30 bits per heavy atom. The van der Waals surface area contributed by atoms with Crippen molar-refractivity contribution < 1.29 is 35.1 Å². The van der Waals surface area contributed by atoms with Crippen LogP contribution in [-0.4, -0.2) is 12.1 Å². The first-order valence-corrected chi connectivity index (χ1v) is 4.75. The Morgan fingerprint density at radius 1 is 0.850 bits per heavy atom. The van der Waals surface area contributed by atoms with Crippen LogP contribution in [-0.2, 0) is 6.18 Å². The van der Waals surface area contributed by atoms with Gasteiger partial charge in [0.05, 0.1) is 5.56 Å². The Kier molecular flexibility index (Phi) is 5.41. The first-order chi connectivity index (χ1) is 8.39. The molecule has 20 heavy (non-hydrogen) atoms. The Morgan fingerprint density at radius 3 is 1.70 bits per heavy atom. The van der Waals surface area contributed by atoms with Gasteiger partial charge < -0.3 is 5.73 Å². The van der Waals surface area contributed by atoms with Gasteiger partial charge in [-0.25, -0.2) is 0 Å². The Hall–Kier alpha value is -1.09. The van der Waals surface area contributed by atoms with Gasteiger partial charge in [0, 0.05) is 0 Å². The summed E-state index contributed by atoms with van der Waals surface area (Å²) in [5.74, 6) is -5.46. The van der Waals surface area contributed by atoms with E-state index in [9.17, 15) is 35.1 Å². The van der Waals surface area contributed by atoms with E-state index in [4.69, 9.17) is 0 Å². The van der Waals surface area contributed by atoms with E-state index in [-0.39, 0.29) is 12.4 Å². The molecule has 1 aromatic rings. The maximum atomic E-state index is 13.0. The third kappa shape index (κ3) is 3.51. The van der Waals surface area contributed by atoms with Crippen LogP contribution in [0.3, 0.4) is 0 Å². The average molecular weight is 330 g/mol. The molecule has 0 fully saturated rings. The number of rotatable bonds is 2. The van der Waals surface area contributed by atoms with Gasteiger partial charge >= 0.3 is 18.3 Å². The number of halogens is 9. The summed E-state index contributed by atoms with van der Waals surface area (Å²) in [4.78, 5) is 0.